The van der Waals surface area contributed by atoms with Gasteiger partial charge in [0.15, 0.2) is 0 Å². The van der Waals surface area contributed by atoms with Crippen LogP contribution in [0.15, 0.2) is 36.5 Å². The summed E-state index contributed by atoms with van der Waals surface area (Å²) in [6, 6.07) is 6.12. The van der Waals surface area contributed by atoms with Gasteiger partial charge in [-0.25, -0.2) is 4.98 Å². The van der Waals surface area contributed by atoms with Gasteiger partial charge in [-0.2, -0.15) is 0 Å². The van der Waals surface area contributed by atoms with Crippen LogP contribution in [0.5, 0.6) is 0 Å². The molecule has 0 saturated carbocycles. The van der Waals surface area contributed by atoms with Crippen LogP contribution in [0.4, 0.5) is 0 Å². The molecule has 0 aromatic carbocycles. The summed E-state index contributed by atoms with van der Waals surface area (Å²) in [7, 11) is 2.00. The van der Waals surface area contributed by atoms with Gasteiger partial charge in [-0.15, -0.1) is 0 Å². The van der Waals surface area contributed by atoms with Gasteiger partial charge in [-0.05, 0) is 38.8 Å². The molecule has 5 heteroatoms. The van der Waals surface area contributed by atoms with Gasteiger partial charge in [0.25, 0.3) is 0 Å². The predicted molar refractivity (Wildman–Crippen MR) is 94.5 cm³/mol. The summed E-state index contributed by atoms with van der Waals surface area (Å²) in [5, 5.41) is 0. The van der Waals surface area contributed by atoms with Gasteiger partial charge in [0, 0.05) is 37.3 Å². The fraction of sp³-hybridized carbons (Fsp3) is 0.421. The fourth-order valence-corrected chi connectivity index (χ4v) is 3.23. The highest BCUT2D eigenvalue weighted by atomic mass is 16.2. The molecule has 2 aromatic heterocycles. The van der Waals surface area contributed by atoms with E-state index in [-0.39, 0.29) is 11.8 Å². The molecular formula is C19H24N4O. The number of aromatic nitrogens is 3. The molecule has 1 aliphatic rings. The molecule has 0 spiro atoms. The maximum atomic E-state index is 12.2. The molecule has 24 heavy (non-hydrogen) atoms. The van der Waals surface area contributed by atoms with Crippen molar-refractivity contribution in [3.63, 3.8) is 0 Å². The second kappa shape index (κ2) is 6.59. The third-order valence-corrected chi connectivity index (χ3v) is 4.75. The van der Waals surface area contributed by atoms with E-state index in [2.05, 4.69) is 17.6 Å². The predicted octanol–water partition coefficient (Wildman–Crippen LogP) is 3.07. The zero-order valence-corrected chi connectivity index (χ0v) is 14.6. The third kappa shape index (κ3) is 3.11. The Morgan fingerprint density at radius 1 is 1.38 bits per heavy atom. The Morgan fingerprint density at radius 2 is 2.17 bits per heavy atom. The molecule has 1 amide bonds. The number of hydrogen-bond acceptors (Lipinski definition) is 3. The Bertz CT molecular complexity index is 777. The number of amides is 1. The molecule has 0 N–H and O–H groups in total. The van der Waals surface area contributed by atoms with Crippen LogP contribution < -0.4 is 0 Å². The molecule has 5 nitrogen and oxygen atoms in total. The molecule has 1 fully saturated rings. The van der Waals surface area contributed by atoms with Crippen molar-refractivity contribution < 1.29 is 4.79 Å². The van der Waals surface area contributed by atoms with E-state index in [0.29, 0.717) is 12.1 Å². The summed E-state index contributed by atoms with van der Waals surface area (Å²) in [4.78, 5) is 23.3. The van der Waals surface area contributed by atoms with Crippen molar-refractivity contribution in [2.45, 2.75) is 32.6 Å². The van der Waals surface area contributed by atoms with Gasteiger partial charge in [-0.1, -0.05) is 12.6 Å². The van der Waals surface area contributed by atoms with Gasteiger partial charge in [0.2, 0.25) is 5.91 Å². The quantitative estimate of drug-likeness (QED) is 0.815. The van der Waals surface area contributed by atoms with Crippen molar-refractivity contribution in [2.24, 2.45) is 7.05 Å². The lowest BCUT2D eigenvalue weighted by molar-refractivity contribution is -0.128. The average molecular weight is 324 g/mol. The van der Waals surface area contributed by atoms with Crippen LogP contribution in [0.1, 0.15) is 37.2 Å². The molecule has 1 aliphatic heterocycles. The van der Waals surface area contributed by atoms with Crippen LogP contribution in [0.3, 0.4) is 0 Å². The molecular weight excluding hydrogens is 300 g/mol. The van der Waals surface area contributed by atoms with Gasteiger partial charge in [0.05, 0.1) is 17.6 Å². The standard InChI is InChI=1S/C19H24N4O/c1-13(2)19(24)23-10-6-7-15(12-23)16-8-5-9-17(21-16)18-11-20-14(3)22(18)4/h5,8-9,11,15H,1,6-7,10,12H2,2-4H3. The van der Waals surface area contributed by atoms with E-state index in [1.54, 1.807) is 6.92 Å². The fourth-order valence-electron chi connectivity index (χ4n) is 3.23. The van der Waals surface area contributed by atoms with Crippen molar-refractivity contribution in [1.82, 2.24) is 19.4 Å². The van der Waals surface area contributed by atoms with E-state index in [0.717, 1.165) is 42.3 Å². The molecule has 0 aliphatic carbocycles. The highest BCUT2D eigenvalue weighted by Crippen LogP contribution is 2.28. The first-order valence-corrected chi connectivity index (χ1v) is 8.38. The Kier molecular flexibility index (Phi) is 4.51. The van der Waals surface area contributed by atoms with Gasteiger partial charge in [0.1, 0.15) is 5.82 Å². The second-order valence-electron chi connectivity index (χ2n) is 6.57. The monoisotopic (exact) mass is 324 g/mol. The maximum Gasteiger partial charge on any atom is 0.248 e. The summed E-state index contributed by atoms with van der Waals surface area (Å²) in [6.07, 6.45) is 3.92. The Labute approximate surface area is 143 Å². The topological polar surface area (TPSA) is 51.0 Å². The number of pyridine rings is 1. The minimum absolute atomic E-state index is 0.0538. The SMILES string of the molecule is C=C(C)C(=O)N1CCCC(c2cccc(-c3cnc(C)n3C)n2)C1. The summed E-state index contributed by atoms with van der Waals surface area (Å²) in [6.45, 7) is 9.06. The second-order valence-corrected chi connectivity index (χ2v) is 6.57. The van der Waals surface area contributed by atoms with Gasteiger partial charge in [-0.3, -0.25) is 9.78 Å². The molecule has 0 radical (unpaired) electrons. The lowest BCUT2D eigenvalue weighted by atomic mass is 9.93. The van der Waals surface area contributed by atoms with Gasteiger partial charge >= 0.3 is 0 Å². The van der Waals surface area contributed by atoms with Crippen LogP contribution in [-0.4, -0.2) is 38.4 Å². The highest BCUT2D eigenvalue weighted by molar-refractivity contribution is 5.92. The number of rotatable bonds is 3. The number of likely N-dealkylation sites (tertiary alicyclic amines) is 1. The van der Waals surface area contributed by atoms with Crippen LogP contribution in [0, 0.1) is 6.92 Å². The summed E-state index contributed by atoms with van der Waals surface area (Å²) in [5.74, 6) is 1.29. The minimum atomic E-state index is 0.0538. The van der Waals surface area contributed by atoms with Crippen LogP contribution in [0.25, 0.3) is 11.4 Å². The lowest BCUT2D eigenvalue weighted by Gasteiger charge is -2.32. The normalized spacial score (nSPS) is 17.8. The molecule has 126 valence electrons. The van der Waals surface area contributed by atoms with Crippen molar-refractivity contribution in [2.75, 3.05) is 13.1 Å². The highest BCUT2D eigenvalue weighted by Gasteiger charge is 2.26. The number of hydrogen-bond donors (Lipinski definition) is 0. The van der Waals surface area contributed by atoms with Crippen molar-refractivity contribution >= 4 is 5.91 Å². The molecule has 1 saturated heterocycles. The Balaban J connectivity index is 1.85. The van der Waals surface area contributed by atoms with Crippen LogP contribution in [-0.2, 0) is 11.8 Å². The first-order chi connectivity index (χ1) is 11.5. The van der Waals surface area contributed by atoms with E-state index in [1.807, 2.05) is 41.8 Å². The number of carbonyl (C=O) groups is 1. The smallest absolute Gasteiger partial charge is 0.248 e. The number of nitrogens with zero attached hydrogens (tertiary/aromatic N) is 4. The van der Waals surface area contributed by atoms with E-state index >= 15 is 0 Å². The average Bonchev–Trinajstić information content (AvgIpc) is 2.93. The van der Waals surface area contributed by atoms with E-state index < -0.39 is 0 Å². The molecule has 1 unspecified atom stereocenters. The maximum absolute atomic E-state index is 12.2. The number of imidazole rings is 1. The zero-order chi connectivity index (χ0) is 17.3. The van der Waals surface area contributed by atoms with Crippen LogP contribution in [0.2, 0.25) is 0 Å². The molecule has 3 heterocycles. The van der Waals surface area contributed by atoms with Crippen LogP contribution >= 0.6 is 0 Å². The van der Waals surface area contributed by atoms with E-state index in [9.17, 15) is 4.79 Å². The van der Waals surface area contributed by atoms with Crippen molar-refractivity contribution in [3.8, 4) is 11.4 Å². The summed E-state index contributed by atoms with van der Waals surface area (Å²) < 4.78 is 2.05. The van der Waals surface area contributed by atoms with Crippen molar-refractivity contribution in [1.29, 1.82) is 0 Å². The first kappa shape index (κ1) is 16.4. The minimum Gasteiger partial charge on any atom is -0.338 e. The van der Waals surface area contributed by atoms with E-state index in [1.165, 1.54) is 0 Å². The first-order valence-electron chi connectivity index (χ1n) is 8.38. The molecule has 1 atom stereocenters. The number of aryl methyl sites for hydroxylation is 1. The van der Waals surface area contributed by atoms with Crippen molar-refractivity contribution in [3.05, 3.63) is 48.1 Å². The Hall–Kier alpha value is -2.43. The largest absolute Gasteiger partial charge is 0.338 e. The molecule has 3 rings (SSSR count). The third-order valence-electron chi connectivity index (χ3n) is 4.75. The molecule has 0 bridgehead atoms. The summed E-state index contributed by atoms with van der Waals surface area (Å²) in [5.41, 5.74) is 3.59. The number of piperidine rings is 1. The van der Waals surface area contributed by atoms with E-state index in [4.69, 9.17) is 4.98 Å². The lowest BCUT2D eigenvalue weighted by Crippen LogP contribution is -2.39. The zero-order valence-electron chi connectivity index (χ0n) is 14.6. The van der Waals surface area contributed by atoms with Gasteiger partial charge < -0.3 is 9.47 Å². The Morgan fingerprint density at radius 3 is 2.83 bits per heavy atom. The number of carbonyl (C=O) groups excluding carboxylic acids is 1. The summed E-state index contributed by atoms with van der Waals surface area (Å²) >= 11 is 0. The molecule has 2 aromatic rings.